The van der Waals surface area contributed by atoms with Gasteiger partial charge in [-0.3, -0.25) is 0 Å². The van der Waals surface area contributed by atoms with Crippen molar-refractivity contribution in [1.29, 1.82) is 0 Å². The number of amides is 1. The maximum absolute atomic E-state index is 12.2. The smallest absolute Gasteiger partial charge is 0.407 e. The standard InChI is InChI=1S/C20H21NO4/c1-12(2)18(19(22)23)21-20(24)25-11-17-15-9-5-3-7-13(15)14-8-4-6-10-16(14)17/h3-10,12,17-18H,11H2,1-2H3,(H,21,24)(H,22,23)/t18-/m0/s1/i/hD. The Morgan fingerprint density at radius 1 is 1.12 bits per heavy atom. The van der Waals surface area contributed by atoms with Gasteiger partial charge >= 0.3 is 12.1 Å². The summed E-state index contributed by atoms with van der Waals surface area (Å²) in [4.78, 5) is 23.5. The Bertz CT molecular complexity index is 791. The van der Waals surface area contributed by atoms with E-state index in [0.717, 1.165) is 22.3 Å². The molecule has 1 aliphatic carbocycles. The number of hydrogen-bond donors (Lipinski definition) is 2. The first-order valence-corrected chi connectivity index (χ1v) is 8.27. The molecule has 2 aromatic rings. The zero-order valence-electron chi connectivity index (χ0n) is 15.2. The third-order valence-electron chi connectivity index (χ3n) is 4.47. The number of alkyl carbamates (subject to hydrolysis) is 1. The van der Waals surface area contributed by atoms with Crippen LogP contribution in [0.4, 0.5) is 4.79 Å². The Balaban J connectivity index is 1.78. The minimum Gasteiger partial charge on any atom is -0.480 e. The summed E-state index contributed by atoms with van der Waals surface area (Å²) < 4.78 is 13.2. The quantitative estimate of drug-likeness (QED) is 0.871. The molecule has 3 rings (SSSR count). The Morgan fingerprint density at radius 2 is 1.64 bits per heavy atom. The highest BCUT2D eigenvalue weighted by atomic mass is 16.5. The van der Waals surface area contributed by atoms with Gasteiger partial charge in [0, 0.05) is 5.92 Å². The molecular weight excluding hydrogens is 318 g/mol. The predicted octanol–water partition coefficient (Wildman–Crippen LogP) is 3.63. The van der Waals surface area contributed by atoms with Gasteiger partial charge in [-0.2, -0.15) is 0 Å². The van der Waals surface area contributed by atoms with Crippen molar-refractivity contribution in [2.45, 2.75) is 25.8 Å². The second-order valence-electron chi connectivity index (χ2n) is 6.46. The van der Waals surface area contributed by atoms with Crippen molar-refractivity contribution in [3.8, 4) is 11.1 Å². The second kappa shape index (κ2) is 6.97. The molecule has 0 saturated heterocycles. The van der Waals surface area contributed by atoms with Crippen molar-refractivity contribution in [1.82, 2.24) is 5.31 Å². The molecule has 5 nitrogen and oxygen atoms in total. The molecule has 1 atom stereocenters. The third kappa shape index (κ3) is 3.36. The first-order valence-electron chi connectivity index (χ1n) is 8.72. The number of carbonyl (C=O) groups excluding carboxylic acids is 1. The lowest BCUT2D eigenvalue weighted by Crippen LogP contribution is -2.44. The van der Waals surface area contributed by atoms with Crippen LogP contribution in [0, 0.1) is 5.92 Å². The van der Waals surface area contributed by atoms with E-state index in [9.17, 15) is 14.7 Å². The number of carboxylic acid groups (broad SMARTS) is 1. The molecule has 0 fully saturated rings. The summed E-state index contributed by atoms with van der Waals surface area (Å²) in [6, 6.07) is 14.6. The summed E-state index contributed by atoms with van der Waals surface area (Å²) in [7, 11) is 0. The lowest BCUT2D eigenvalue weighted by molar-refractivity contribution is -0.140. The van der Waals surface area contributed by atoms with Gasteiger partial charge in [-0.1, -0.05) is 62.4 Å². The number of rotatable bonds is 5. The van der Waals surface area contributed by atoms with Crippen molar-refractivity contribution in [3.63, 3.8) is 0 Å². The Morgan fingerprint density at radius 3 is 2.12 bits per heavy atom. The molecule has 25 heavy (non-hydrogen) atoms. The number of hydrogen-bond acceptors (Lipinski definition) is 3. The number of fused-ring (bicyclic) bond motifs is 3. The maximum atomic E-state index is 12.2. The third-order valence-corrected chi connectivity index (χ3v) is 4.47. The van der Waals surface area contributed by atoms with Crippen molar-refractivity contribution in [2.75, 3.05) is 6.61 Å². The van der Waals surface area contributed by atoms with Gasteiger partial charge in [0.2, 0.25) is 0 Å². The van der Waals surface area contributed by atoms with Crippen molar-refractivity contribution < 1.29 is 20.8 Å². The summed E-state index contributed by atoms with van der Waals surface area (Å²) in [5.74, 6) is -1.74. The second-order valence-corrected chi connectivity index (χ2v) is 6.46. The van der Waals surface area contributed by atoms with Gasteiger partial charge in [-0.25, -0.2) is 9.59 Å². The molecule has 1 aliphatic rings. The topological polar surface area (TPSA) is 75.6 Å². The molecule has 0 aromatic heterocycles. The fraction of sp³-hybridized carbons (Fsp3) is 0.300. The van der Waals surface area contributed by atoms with Crippen molar-refractivity contribution in [3.05, 3.63) is 59.7 Å². The first-order chi connectivity index (χ1) is 12.4. The maximum Gasteiger partial charge on any atom is 0.407 e. The summed E-state index contributed by atoms with van der Waals surface area (Å²) in [5, 5.41) is 9.65. The average Bonchev–Trinajstić information content (AvgIpc) is 2.93. The lowest BCUT2D eigenvalue weighted by atomic mass is 9.98. The van der Waals surface area contributed by atoms with Crippen LogP contribution in [0.25, 0.3) is 11.1 Å². The van der Waals surface area contributed by atoms with Crippen LogP contribution in [-0.2, 0) is 9.53 Å². The molecule has 1 amide bonds. The van der Waals surface area contributed by atoms with Gasteiger partial charge in [-0.15, -0.1) is 0 Å². The van der Waals surface area contributed by atoms with Gasteiger partial charge in [0.15, 0.2) is 1.41 Å². The number of carbonyl (C=O) groups is 2. The van der Waals surface area contributed by atoms with Gasteiger partial charge < -0.3 is 15.2 Å². The molecule has 0 heterocycles. The molecule has 0 spiro atoms. The molecule has 0 unspecified atom stereocenters. The zero-order valence-corrected chi connectivity index (χ0v) is 14.2. The summed E-state index contributed by atoms with van der Waals surface area (Å²) in [5.41, 5.74) is 4.35. The van der Waals surface area contributed by atoms with Crippen molar-refractivity contribution >= 4 is 12.1 Å². The number of carboxylic acids is 1. The molecule has 130 valence electrons. The molecule has 2 aromatic carbocycles. The minimum absolute atomic E-state index is 0.0622. The largest absolute Gasteiger partial charge is 0.480 e. The number of ether oxygens (including phenoxy) is 1. The van der Waals surface area contributed by atoms with Gasteiger partial charge in [0.25, 0.3) is 0 Å². The van der Waals surface area contributed by atoms with Gasteiger partial charge in [-0.05, 0) is 28.2 Å². The highest BCUT2D eigenvalue weighted by Crippen LogP contribution is 2.44. The normalized spacial score (nSPS) is 14.4. The van der Waals surface area contributed by atoms with Crippen LogP contribution >= 0.6 is 0 Å². The molecule has 2 N–H and O–H groups in total. The highest BCUT2D eigenvalue weighted by molar-refractivity contribution is 5.81. The fourth-order valence-electron chi connectivity index (χ4n) is 3.23. The average molecular weight is 340 g/mol. The van der Waals surface area contributed by atoms with Crippen LogP contribution in [0.15, 0.2) is 48.5 Å². The Kier molecular flexibility index (Phi) is 4.37. The van der Waals surface area contributed by atoms with E-state index in [1.807, 2.05) is 48.5 Å². The van der Waals surface area contributed by atoms with E-state index >= 15 is 0 Å². The molecule has 0 saturated carbocycles. The number of aliphatic carboxylic acids is 1. The molecule has 5 heteroatoms. The van der Waals surface area contributed by atoms with E-state index in [1.54, 1.807) is 13.8 Å². The minimum atomic E-state index is -1.24. The van der Waals surface area contributed by atoms with E-state index in [0.29, 0.717) is 5.31 Å². The SMILES string of the molecule is [2H]N(C(=O)OCC1c2ccccc2-c2ccccc21)[C@H](C(=O)O)C(C)C. The van der Waals surface area contributed by atoms with Crippen LogP contribution in [0.1, 0.15) is 30.9 Å². The van der Waals surface area contributed by atoms with E-state index in [4.69, 9.17) is 6.15 Å². The Labute approximate surface area is 148 Å². The Hall–Kier alpha value is -2.82. The summed E-state index contributed by atoms with van der Waals surface area (Å²) in [6.45, 7) is 3.36. The molecular formula is C20H21NO4. The summed E-state index contributed by atoms with van der Waals surface area (Å²) >= 11 is 0. The number of nitrogens with one attached hydrogen (secondary N) is 1. The lowest BCUT2D eigenvalue weighted by Gasteiger charge is -2.19. The van der Waals surface area contributed by atoms with Crippen LogP contribution in [0.3, 0.4) is 0 Å². The van der Waals surface area contributed by atoms with Crippen LogP contribution in [0.5, 0.6) is 0 Å². The zero-order chi connectivity index (χ0) is 18.8. The van der Waals surface area contributed by atoms with Crippen LogP contribution < -0.4 is 5.31 Å². The molecule has 0 bridgehead atoms. The van der Waals surface area contributed by atoms with E-state index < -0.39 is 24.0 Å². The highest BCUT2D eigenvalue weighted by Gasteiger charge is 2.30. The fourth-order valence-corrected chi connectivity index (χ4v) is 3.23. The van der Waals surface area contributed by atoms with Crippen molar-refractivity contribution in [2.24, 2.45) is 5.92 Å². The van der Waals surface area contributed by atoms with E-state index in [2.05, 4.69) is 0 Å². The molecule has 0 aliphatic heterocycles. The van der Waals surface area contributed by atoms with Gasteiger partial charge in [0.05, 0.1) is 0 Å². The van der Waals surface area contributed by atoms with E-state index in [1.165, 1.54) is 0 Å². The number of benzene rings is 2. The van der Waals surface area contributed by atoms with E-state index in [-0.39, 0.29) is 12.5 Å². The monoisotopic (exact) mass is 340 g/mol. The molecule has 0 radical (unpaired) electrons. The predicted molar refractivity (Wildman–Crippen MR) is 94.5 cm³/mol. The summed E-state index contributed by atoms with van der Waals surface area (Å²) in [6.07, 6.45) is -0.951. The van der Waals surface area contributed by atoms with Gasteiger partial charge in [0.1, 0.15) is 12.6 Å². The van der Waals surface area contributed by atoms with Crippen LogP contribution in [0.2, 0.25) is 1.41 Å². The van der Waals surface area contributed by atoms with Crippen LogP contribution in [-0.4, -0.2) is 29.8 Å². The first kappa shape index (κ1) is 15.7.